The van der Waals surface area contributed by atoms with Crippen LogP contribution in [0.3, 0.4) is 0 Å². The predicted octanol–water partition coefficient (Wildman–Crippen LogP) is 0.562. The Bertz CT molecular complexity index is 236. The Kier molecular flexibility index (Phi) is 4.61. The highest BCUT2D eigenvalue weighted by Crippen LogP contribution is 2.16. The Morgan fingerprint density at radius 3 is 2.62 bits per heavy atom. The van der Waals surface area contributed by atoms with Gasteiger partial charge in [-0.15, -0.1) is 0 Å². The molecule has 0 aromatic heterocycles. The van der Waals surface area contributed by atoms with Gasteiger partial charge in [0.1, 0.15) is 0 Å². The summed E-state index contributed by atoms with van der Waals surface area (Å²) in [6, 6.07) is 0. The van der Waals surface area contributed by atoms with Gasteiger partial charge in [0.2, 0.25) is 5.91 Å². The van der Waals surface area contributed by atoms with Gasteiger partial charge in [-0.25, -0.2) is 0 Å². The zero-order chi connectivity index (χ0) is 11.4. The fourth-order valence-electron chi connectivity index (χ4n) is 2.30. The van der Waals surface area contributed by atoms with Crippen LogP contribution >= 0.6 is 15.9 Å². The molecule has 2 aliphatic rings. The second-order valence-corrected chi connectivity index (χ2v) is 5.21. The minimum absolute atomic E-state index is 0.128. The second-order valence-electron chi connectivity index (χ2n) is 4.42. The van der Waals surface area contributed by atoms with E-state index < -0.39 is 0 Å². The highest BCUT2D eigenvalue weighted by Gasteiger charge is 2.29. The molecule has 16 heavy (non-hydrogen) atoms. The van der Waals surface area contributed by atoms with Gasteiger partial charge in [-0.3, -0.25) is 9.69 Å². The van der Waals surface area contributed by atoms with Gasteiger partial charge in [-0.1, -0.05) is 15.9 Å². The third-order valence-corrected chi connectivity index (χ3v) is 3.72. The van der Waals surface area contributed by atoms with Crippen LogP contribution in [0.1, 0.15) is 6.42 Å². The Labute approximate surface area is 105 Å². The van der Waals surface area contributed by atoms with Gasteiger partial charge >= 0.3 is 0 Å². The molecule has 5 heteroatoms. The predicted molar refractivity (Wildman–Crippen MR) is 65.7 cm³/mol. The fraction of sp³-hybridized carbons (Fsp3) is 0.909. The number of rotatable bonds is 3. The quantitative estimate of drug-likeness (QED) is 0.712. The van der Waals surface area contributed by atoms with Crippen molar-refractivity contribution in [3.8, 4) is 0 Å². The highest BCUT2D eigenvalue weighted by molar-refractivity contribution is 9.09. The average molecular weight is 291 g/mol. The number of ether oxygens (including phenoxy) is 1. The van der Waals surface area contributed by atoms with Crippen LogP contribution < -0.4 is 0 Å². The lowest BCUT2D eigenvalue weighted by molar-refractivity contribution is -0.137. The number of amides is 1. The van der Waals surface area contributed by atoms with Crippen molar-refractivity contribution in [1.82, 2.24) is 9.80 Å². The zero-order valence-corrected chi connectivity index (χ0v) is 11.1. The summed E-state index contributed by atoms with van der Waals surface area (Å²) in [5.41, 5.74) is 0. The van der Waals surface area contributed by atoms with E-state index in [0.717, 1.165) is 51.1 Å². The largest absolute Gasteiger partial charge is 0.381 e. The first-order valence-electron chi connectivity index (χ1n) is 5.96. The SMILES string of the molecule is O=C(C1CCOC1)N1CCN(CCBr)CC1. The maximum atomic E-state index is 12.1. The topological polar surface area (TPSA) is 32.8 Å². The van der Waals surface area contributed by atoms with Gasteiger partial charge in [0.15, 0.2) is 0 Å². The van der Waals surface area contributed by atoms with Crippen LogP contribution in [0.5, 0.6) is 0 Å². The van der Waals surface area contributed by atoms with Gasteiger partial charge in [0.25, 0.3) is 0 Å². The molecule has 92 valence electrons. The number of hydrogen-bond donors (Lipinski definition) is 0. The van der Waals surface area contributed by atoms with Gasteiger partial charge in [-0.05, 0) is 6.42 Å². The third-order valence-electron chi connectivity index (χ3n) is 3.36. The van der Waals surface area contributed by atoms with E-state index in [1.165, 1.54) is 0 Å². The van der Waals surface area contributed by atoms with E-state index in [1.54, 1.807) is 0 Å². The first-order chi connectivity index (χ1) is 7.81. The molecule has 0 aliphatic carbocycles. The summed E-state index contributed by atoms with van der Waals surface area (Å²) in [6.07, 6.45) is 0.903. The summed E-state index contributed by atoms with van der Waals surface area (Å²) in [7, 11) is 0. The first kappa shape index (κ1) is 12.3. The number of nitrogens with zero attached hydrogens (tertiary/aromatic N) is 2. The summed E-state index contributed by atoms with van der Waals surface area (Å²) in [5.74, 6) is 0.429. The van der Waals surface area contributed by atoms with Crippen LogP contribution in [-0.4, -0.2) is 67.0 Å². The van der Waals surface area contributed by atoms with Gasteiger partial charge < -0.3 is 9.64 Å². The summed E-state index contributed by atoms with van der Waals surface area (Å²) < 4.78 is 5.26. The van der Waals surface area contributed by atoms with Crippen LogP contribution in [0.4, 0.5) is 0 Å². The number of hydrogen-bond acceptors (Lipinski definition) is 3. The van der Waals surface area contributed by atoms with Gasteiger partial charge in [0.05, 0.1) is 12.5 Å². The van der Waals surface area contributed by atoms with Crippen LogP contribution in [-0.2, 0) is 9.53 Å². The maximum absolute atomic E-state index is 12.1. The first-order valence-corrected chi connectivity index (χ1v) is 7.08. The van der Waals surface area contributed by atoms with Crippen molar-refractivity contribution in [2.45, 2.75) is 6.42 Å². The molecule has 2 heterocycles. The molecule has 1 amide bonds. The summed E-state index contributed by atoms with van der Waals surface area (Å²) in [6.45, 7) is 6.22. The molecule has 4 nitrogen and oxygen atoms in total. The number of alkyl halides is 1. The van der Waals surface area contributed by atoms with Gasteiger partial charge in [-0.2, -0.15) is 0 Å². The lowest BCUT2D eigenvalue weighted by atomic mass is 10.1. The molecule has 2 rings (SSSR count). The number of halogens is 1. The number of carbonyl (C=O) groups is 1. The van der Waals surface area contributed by atoms with Crippen molar-refractivity contribution in [3.05, 3.63) is 0 Å². The monoisotopic (exact) mass is 290 g/mol. The molecular weight excluding hydrogens is 272 g/mol. The van der Waals surface area contributed by atoms with Crippen molar-refractivity contribution in [3.63, 3.8) is 0 Å². The zero-order valence-electron chi connectivity index (χ0n) is 9.53. The van der Waals surface area contributed by atoms with Crippen molar-refractivity contribution in [1.29, 1.82) is 0 Å². The van der Waals surface area contributed by atoms with Crippen LogP contribution in [0, 0.1) is 5.92 Å². The standard InChI is InChI=1S/C11H19BrN2O2/c12-2-3-13-4-6-14(7-5-13)11(15)10-1-8-16-9-10/h10H,1-9H2. The second kappa shape index (κ2) is 5.98. The van der Waals surface area contributed by atoms with Crippen molar-refractivity contribution < 1.29 is 9.53 Å². The lowest BCUT2D eigenvalue weighted by Gasteiger charge is -2.35. The Balaban J connectivity index is 1.77. The summed E-state index contributed by atoms with van der Waals surface area (Å²) in [5, 5.41) is 1.01. The molecule has 1 atom stereocenters. The molecule has 2 saturated heterocycles. The molecule has 1 unspecified atom stereocenters. The number of piperazine rings is 1. The van der Waals surface area contributed by atoms with Crippen LogP contribution in [0.15, 0.2) is 0 Å². The van der Waals surface area contributed by atoms with Crippen molar-refractivity contribution >= 4 is 21.8 Å². The Morgan fingerprint density at radius 2 is 2.06 bits per heavy atom. The molecule has 2 fully saturated rings. The molecule has 0 bridgehead atoms. The molecule has 0 radical (unpaired) electrons. The van der Waals surface area contributed by atoms with Crippen LogP contribution in [0.2, 0.25) is 0 Å². The molecular formula is C11H19BrN2O2. The Hall–Kier alpha value is -0.130. The number of carbonyl (C=O) groups excluding carboxylic acids is 1. The summed E-state index contributed by atoms with van der Waals surface area (Å²) >= 11 is 3.44. The molecule has 0 spiro atoms. The van der Waals surface area contributed by atoms with E-state index in [-0.39, 0.29) is 5.92 Å². The van der Waals surface area contributed by atoms with E-state index in [2.05, 4.69) is 20.8 Å². The van der Waals surface area contributed by atoms with E-state index in [4.69, 9.17) is 4.74 Å². The average Bonchev–Trinajstić information content (AvgIpc) is 2.83. The van der Waals surface area contributed by atoms with E-state index in [9.17, 15) is 4.79 Å². The molecule has 2 aliphatic heterocycles. The van der Waals surface area contributed by atoms with Crippen molar-refractivity contribution in [2.24, 2.45) is 5.92 Å². The normalized spacial score (nSPS) is 27.3. The molecule has 0 aromatic rings. The van der Waals surface area contributed by atoms with Crippen molar-refractivity contribution in [2.75, 3.05) is 51.3 Å². The summed E-state index contributed by atoms with van der Waals surface area (Å²) in [4.78, 5) is 16.5. The smallest absolute Gasteiger partial charge is 0.228 e. The van der Waals surface area contributed by atoms with Gasteiger partial charge in [0, 0.05) is 44.7 Å². The molecule has 0 N–H and O–H groups in total. The molecule has 0 saturated carbocycles. The molecule has 0 aromatic carbocycles. The minimum atomic E-state index is 0.128. The van der Waals surface area contributed by atoms with E-state index >= 15 is 0 Å². The fourth-order valence-corrected chi connectivity index (χ4v) is 2.80. The lowest BCUT2D eigenvalue weighted by Crippen LogP contribution is -2.50. The van der Waals surface area contributed by atoms with Crippen LogP contribution in [0.25, 0.3) is 0 Å². The van der Waals surface area contributed by atoms with E-state index in [1.807, 2.05) is 4.90 Å². The highest BCUT2D eigenvalue weighted by atomic mass is 79.9. The minimum Gasteiger partial charge on any atom is -0.381 e. The Morgan fingerprint density at radius 1 is 1.31 bits per heavy atom. The maximum Gasteiger partial charge on any atom is 0.228 e. The van der Waals surface area contributed by atoms with E-state index in [0.29, 0.717) is 12.5 Å². The third kappa shape index (κ3) is 2.96.